The van der Waals surface area contributed by atoms with Crippen molar-refractivity contribution in [2.45, 2.75) is 105 Å². The zero-order valence-corrected chi connectivity index (χ0v) is 25.8. The second-order valence-electron chi connectivity index (χ2n) is 11.9. The molecule has 2 aromatic rings. The van der Waals surface area contributed by atoms with E-state index in [1.807, 2.05) is 39.0 Å². The smallest absolute Gasteiger partial charge is 0.408 e. The van der Waals surface area contributed by atoms with Gasteiger partial charge < -0.3 is 25.4 Å². The van der Waals surface area contributed by atoms with E-state index in [9.17, 15) is 19.5 Å². The van der Waals surface area contributed by atoms with E-state index in [0.29, 0.717) is 17.7 Å². The molecule has 0 aliphatic heterocycles. The summed E-state index contributed by atoms with van der Waals surface area (Å²) in [6.07, 6.45) is 5.28. The second kappa shape index (κ2) is 16.0. The third-order valence-electron chi connectivity index (χ3n) is 6.83. The van der Waals surface area contributed by atoms with E-state index in [2.05, 4.69) is 17.6 Å². The molecule has 0 aliphatic carbocycles. The van der Waals surface area contributed by atoms with Crippen LogP contribution in [0.15, 0.2) is 48.5 Å². The predicted molar refractivity (Wildman–Crippen MR) is 164 cm³/mol. The average Bonchev–Trinajstić information content (AvgIpc) is 2.89. The number of aryl methyl sites for hydroxylation is 1. The van der Waals surface area contributed by atoms with E-state index in [4.69, 9.17) is 4.74 Å². The summed E-state index contributed by atoms with van der Waals surface area (Å²) in [5.41, 5.74) is 1.07. The van der Waals surface area contributed by atoms with Crippen LogP contribution in [0.4, 0.5) is 10.5 Å². The van der Waals surface area contributed by atoms with Crippen LogP contribution in [0.2, 0.25) is 0 Å². The molecule has 3 amide bonds. The van der Waals surface area contributed by atoms with Crippen molar-refractivity contribution < 1.29 is 24.2 Å². The Morgan fingerprint density at radius 1 is 0.927 bits per heavy atom. The first-order chi connectivity index (χ1) is 19.4. The van der Waals surface area contributed by atoms with Crippen molar-refractivity contribution in [1.29, 1.82) is 0 Å². The summed E-state index contributed by atoms with van der Waals surface area (Å²) in [5, 5.41) is 16.6. The first-order valence-electron chi connectivity index (χ1n) is 14.8. The molecule has 0 radical (unpaired) electrons. The molecular formula is C33H49N3O5. The number of phenolic OH excluding ortho intramolecular Hbond substituents is 1. The molecule has 0 bridgehead atoms. The monoisotopic (exact) mass is 567 g/mol. The number of phenols is 1. The summed E-state index contributed by atoms with van der Waals surface area (Å²) >= 11 is 0. The van der Waals surface area contributed by atoms with Crippen molar-refractivity contribution in [2.24, 2.45) is 5.92 Å². The Hall–Kier alpha value is -3.55. The number of benzene rings is 2. The fraction of sp³-hybridized carbons (Fsp3) is 0.545. The number of hydrogen-bond acceptors (Lipinski definition) is 5. The van der Waals surface area contributed by atoms with Gasteiger partial charge in [0.15, 0.2) is 0 Å². The summed E-state index contributed by atoms with van der Waals surface area (Å²) in [7, 11) is 0. The first-order valence-corrected chi connectivity index (χ1v) is 14.8. The topological polar surface area (TPSA) is 108 Å². The van der Waals surface area contributed by atoms with Crippen LogP contribution in [0.3, 0.4) is 0 Å². The number of ether oxygens (including phenoxy) is 1. The molecule has 2 rings (SSSR count). The third-order valence-corrected chi connectivity index (χ3v) is 6.83. The third kappa shape index (κ3) is 10.7. The minimum absolute atomic E-state index is 0.0839. The van der Waals surface area contributed by atoms with Crippen LogP contribution in [-0.4, -0.2) is 46.1 Å². The standard InChI is InChI=1S/C33H49N3O5/c1-8-9-10-11-12-17-22-36(31(39)28(23(2)3)35-32(40)41-33(5,6)7)29(25-19-14-16-21-27(25)37)30(38)34-26-20-15-13-18-24(26)4/h13-16,18-21,23,28-29,37H,8-12,17,22H2,1-7H3,(H,34,38)(H,35,40). The number of carbonyl (C=O) groups is 3. The fourth-order valence-electron chi connectivity index (χ4n) is 4.64. The lowest BCUT2D eigenvalue weighted by atomic mass is 9.97. The molecule has 0 spiro atoms. The number of amides is 3. The van der Waals surface area contributed by atoms with Gasteiger partial charge >= 0.3 is 6.09 Å². The Balaban J connectivity index is 2.51. The summed E-state index contributed by atoms with van der Waals surface area (Å²) < 4.78 is 5.45. The molecule has 2 atom stereocenters. The predicted octanol–water partition coefficient (Wildman–Crippen LogP) is 7.12. The maximum absolute atomic E-state index is 14.3. The molecule has 3 N–H and O–H groups in total. The fourth-order valence-corrected chi connectivity index (χ4v) is 4.64. The van der Waals surface area contributed by atoms with E-state index in [-0.39, 0.29) is 18.2 Å². The quantitative estimate of drug-likeness (QED) is 0.211. The minimum atomic E-state index is -1.12. The van der Waals surface area contributed by atoms with Crippen LogP contribution < -0.4 is 10.6 Å². The van der Waals surface area contributed by atoms with Crippen LogP contribution >= 0.6 is 0 Å². The number of carbonyl (C=O) groups excluding carboxylic acids is 3. The van der Waals surface area contributed by atoms with Crippen LogP contribution in [0.5, 0.6) is 5.75 Å². The highest BCUT2D eigenvalue weighted by Crippen LogP contribution is 2.32. The lowest BCUT2D eigenvalue weighted by Crippen LogP contribution is -2.54. The van der Waals surface area contributed by atoms with E-state index in [0.717, 1.165) is 37.7 Å². The van der Waals surface area contributed by atoms with Crippen molar-refractivity contribution >= 4 is 23.6 Å². The van der Waals surface area contributed by atoms with E-state index < -0.39 is 35.6 Å². The zero-order chi connectivity index (χ0) is 30.6. The number of anilines is 1. The number of para-hydroxylation sites is 2. The van der Waals surface area contributed by atoms with Crippen molar-refractivity contribution in [3.05, 3.63) is 59.7 Å². The molecule has 0 saturated heterocycles. The van der Waals surface area contributed by atoms with E-state index >= 15 is 0 Å². The molecule has 2 aromatic carbocycles. The number of nitrogens with zero attached hydrogens (tertiary/aromatic N) is 1. The van der Waals surface area contributed by atoms with E-state index in [1.165, 1.54) is 11.0 Å². The van der Waals surface area contributed by atoms with Gasteiger partial charge in [-0.2, -0.15) is 0 Å². The van der Waals surface area contributed by atoms with Gasteiger partial charge in [-0.3, -0.25) is 9.59 Å². The number of unbranched alkanes of at least 4 members (excludes halogenated alkanes) is 5. The van der Waals surface area contributed by atoms with Gasteiger partial charge in [-0.1, -0.05) is 89.3 Å². The van der Waals surface area contributed by atoms with Gasteiger partial charge in [0.25, 0.3) is 5.91 Å². The molecule has 0 fully saturated rings. The van der Waals surface area contributed by atoms with E-state index in [1.54, 1.807) is 45.0 Å². The molecule has 0 heterocycles. The van der Waals surface area contributed by atoms with Gasteiger partial charge in [0.05, 0.1) is 0 Å². The maximum Gasteiger partial charge on any atom is 0.408 e. The van der Waals surface area contributed by atoms with Crippen LogP contribution in [0, 0.1) is 12.8 Å². The number of rotatable bonds is 14. The lowest BCUT2D eigenvalue weighted by Gasteiger charge is -2.36. The first kappa shape index (κ1) is 33.7. The Labute approximate surface area is 245 Å². The molecule has 41 heavy (non-hydrogen) atoms. The molecule has 8 heteroatoms. The van der Waals surface area contributed by atoms with Crippen molar-refractivity contribution in [3.63, 3.8) is 0 Å². The summed E-state index contributed by atoms with van der Waals surface area (Å²) in [5.74, 6) is -1.22. The van der Waals surface area contributed by atoms with Gasteiger partial charge in [0.2, 0.25) is 5.91 Å². The highest BCUT2D eigenvalue weighted by molar-refractivity contribution is 5.99. The molecular weight excluding hydrogens is 518 g/mol. The van der Waals surface area contributed by atoms with Crippen molar-refractivity contribution in [1.82, 2.24) is 10.2 Å². The number of nitrogens with one attached hydrogen (secondary N) is 2. The Morgan fingerprint density at radius 3 is 2.15 bits per heavy atom. The van der Waals surface area contributed by atoms with Crippen LogP contribution in [0.25, 0.3) is 0 Å². The zero-order valence-electron chi connectivity index (χ0n) is 25.8. The molecule has 226 valence electrons. The Kier molecular flexibility index (Phi) is 13.2. The number of hydrogen-bond donors (Lipinski definition) is 3. The van der Waals surface area contributed by atoms with Gasteiger partial charge in [-0.15, -0.1) is 0 Å². The normalized spacial score (nSPS) is 12.9. The number of alkyl carbamates (subject to hydrolysis) is 1. The van der Waals surface area contributed by atoms with Gasteiger partial charge in [-0.25, -0.2) is 4.79 Å². The molecule has 8 nitrogen and oxygen atoms in total. The maximum atomic E-state index is 14.3. The number of aromatic hydroxyl groups is 1. The van der Waals surface area contributed by atoms with Gasteiger partial charge in [-0.05, 0) is 57.7 Å². The second-order valence-corrected chi connectivity index (χ2v) is 11.9. The lowest BCUT2D eigenvalue weighted by molar-refractivity contribution is -0.141. The van der Waals surface area contributed by atoms with Gasteiger partial charge in [0.1, 0.15) is 23.4 Å². The molecule has 0 aliphatic rings. The molecule has 0 aromatic heterocycles. The van der Waals surface area contributed by atoms with Gasteiger partial charge in [0, 0.05) is 17.8 Å². The highest BCUT2D eigenvalue weighted by Gasteiger charge is 2.38. The summed E-state index contributed by atoms with van der Waals surface area (Å²) in [6.45, 7) is 13.3. The Morgan fingerprint density at radius 2 is 1.54 bits per heavy atom. The minimum Gasteiger partial charge on any atom is -0.508 e. The highest BCUT2D eigenvalue weighted by atomic mass is 16.6. The van der Waals surface area contributed by atoms with Crippen LogP contribution in [0.1, 0.15) is 97.2 Å². The SMILES string of the molecule is CCCCCCCCN(C(=O)C(NC(=O)OC(C)(C)C)C(C)C)C(C(=O)Nc1ccccc1C)c1ccccc1O. The summed E-state index contributed by atoms with van der Waals surface area (Å²) in [4.78, 5) is 42.6. The van der Waals surface area contributed by atoms with Crippen LogP contribution in [-0.2, 0) is 14.3 Å². The average molecular weight is 568 g/mol. The Bertz CT molecular complexity index is 1140. The largest absolute Gasteiger partial charge is 0.508 e. The molecule has 2 unspecified atom stereocenters. The van der Waals surface area contributed by atoms with Crippen molar-refractivity contribution in [3.8, 4) is 5.75 Å². The summed E-state index contributed by atoms with van der Waals surface area (Å²) in [6, 6.07) is 11.9. The molecule has 0 saturated carbocycles. The van der Waals surface area contributed by atoms with Crippen molar-refractivity contribution in [2.75, 3.05) is 11.9 Å².